The molecule has 0 fully saturated rings. The Hall–Kier alpha value is -1.27. The molecule has 0 aliphatic heterocycles. The molecule has 0 atom stereocenters. The Labute approximate surface area is 99.9 Å². The van der Waals surface area contributed by atoms with E-state index >= 15 is 0 Å². The van der Waals surface area contributed by atoms with E-state index in [1.165, 1.54) is 35.4 Å². The average Bonchev–Trinajstić information content (AvgIpc) is 2.67. The number of aryl methyl sites for hydroxylation is 1. The van der Waals surface area contributed by atoms with E-state index in [9.17, 15) is 9.18 Å². The second kappa shape index (κ2) is 4.71. The molecule has 0 spiro atoms. The van der Waals surface area contributed by atoms with Crippen LogP contribution in [-0.2, 0) is 0 Å². The second-order valence-corrected chi connectivity index (χ2v) is 5.05. The highest BCUT2D eigenvalue weighted by Gasteiger charge is 2.08. The van der Waals surface area contributed by atoms with Crippen molar-refractivity contribution in [3.63, 3.8) is 0 Å². The van der Waals surface area contributed by atoms with Crippen LogP contribution >= 0.6 is 23.3 Å². The molecule has 0 aliphatic rings. The van der Waals surface area contributed by atoms with Crippen molar-refractivity contribution < 1.29 is 9.18 Å². The molecule has 0 unspecified atom stereocenters. The first-order valence-electron chi connectivity index (χ1n) is 4.42. The zero-order valence-corrected chi connectivity index (χ0v) is 9.94. The van der Waals surface area contributed by atoms with E-state index < -0.39 is 5.82 Å². The fraction of sp³-hybridized carbons (Fsp3) is 0.100. The molecule has 2 rings (SSSR count). The molecule has 6 heteroatoms. The minimum Gasteiger partial charge on any atom is -0.298 e. The van der Waals surface area contributed by atoms with E-state index in [4.69, 9.17) is 0 Å². The van der Waals surface area contributed by atoms with Gasteiger partial charge in [-0.1, -0.05) is 11.8 Å². The van der Waals surface area contributed by atoms with Crippen LogP contribution < -0.4 is 0 Å². The Balaban J connectivity index is 2.30. The lowest BCUT2D eigenvalue weighted by Gasteiger charge is -2.00. The van der Waals surface area contributed by atoms with E-state index in [2.05, 4.69) is 9.36 Å². The van der Waals surface area contributed by atoms with Gasteiger partial charge in [0, 0.05) is 10.5 Å². The quantitative estimate of drug-likeness (QED) is 0.790. The lowest BCUT2D eigenvalue weighted by atomic mass is 10.2. The van der Waals surface area contributed by atoms with E-state index in [-0.39, 0.29) is 0 Å². The predicted octanol–water partition coefficient (Wildman–Crippen LogP) is 2.95. The summed E-state index contributed by atoms with van der Waals surface area (Å²) < 4.78 is 17.7. The van der Waals surface area contributed by atoms with Crippen molar-refractivity contribution in [2.45, 2.75) is 16.2 Å². The lowest BCUT2D eigenvalue weighted by Crippen LogP contribution is -1.87. The number of hydrogen-bond acceptors (Lipinski definition) is 5. The normalized spacial score (nSPS) is 10.4. The molecular weight excluding hydrogens is 247 g/mol. The zero-order chi connectivity index (χ0) is 11.5. The lowest BCUT2D eigenvalue weighted by molar-refractivity contribution is 0.112. The van der Waals surface area contributed by atoms with Crippen LogP contribution in [0.2, 0.25) is 0 Å². The fourth-order valence-electron chi connectivity index (χ4n) is 1.12. The molecule has 0 aliphatic carbocycles. The van der Waals surface area contributed by atoms with Crippen molar-refractivity contribution in [2.24, 2.45) is 0 Å². The summed E-state index contributed by atoms with van der Waals surface area (Å²) in [5, 5.41) is 0. The van der Waals surface area contributed by atoms with Crippen LogP contribution in [0.4, 0.5) is 4.39 Å². The smallest absolute Gasteiger partial charge is 0.174 e. The van der Waals surface area contributed by atoms with Gasteiger partial charge in [0.05, 0.1) is 0 Å². The van der Waals surface area contributed by atoms with Gasteiger partial charge in [-0.2, -0.15) is 4.37 Å². The minimum absolute atomic E-state index is 0.331. The standard InChI is InChI=1S/C10H7FN2OS2/c1-6-12-10(16-13-6)15-9-3-2-8(11)4-7(9)5-14/h2-5H,1H3. The van der Waals surface area contributed by atoms with Gasteiger partial charge in [0.25, 0.3) is 0 Å². The number of hydrogen-bond donors (Lipinski definition) is 0. The Morgan fingerprint density at radius 3 is 2.94 bits per heavy atom. The van der Waals surface area contributed by atoms with E-state index in [1.54, 1.807) is 13.0 Å². The maximum Gasteiger partial charge on any atom is 0.174 e. The van der Waals surface area contributed by atoms with Gasteiger partial charge in [0.1, 0.15) is 11.6 Å². The maximum absolute atomic E-state index is 12.9. The molecule has 2 aromatic rings. The van der Waals surface area contributed by atoms with Crippen LogP contribution in [-0.4, -0.2) is 15.6 Å². The Morgan fingerprint density at radius 1 is 1.50 bits per heavy atom. The molecule has 16 heavy (non-hydrogen) atoms. The monoisotopic (exact) mass is 254 g/mol. The highest BCUT2D eigenvalue weighted by Crippen LogP contribution is 2.31. The summed E-state index contributed by atoms with van der Waals surface area (Å²) in [6, 6.07) is 4.10. The summed E-state index contributed by atoms with van der Waals surface area (Å²) in [6.07, 6.45) is 0.638. The summed E-state index contributed by atoms with van der Waals surface area (Å²) in [4.78, 5) is 15.6. The molecule has 1 heterocycles. The number of benzene rings is 1. The molecule has 0 amide bonds. The van der Waals surface area contributed by atoms with E-state index in [1.807, 2.05) is 0 Å². The predicted molar refractivity (Wildman–Crippen MR) is 60.6 cm³/mol. The van der Waals surface area contributed by atoms with Gasteiger partial charge in [-0.25, -0.2) is 9.37 Å². The van der Waals surface area contributed by atoms with Gasteiger partial charge in [-0.05, 0) is 36.7 Å². The number of aromatic nitrogens is 2. The van der Waals surface area contributed by atoms with Crippen LogP contribution in [0.15, 0.2) is 27.4 Å². The summed E-state index contributed by atoms with van der Waals surface area (Å²) in [7, 11) is 0. The molecular formula is C10H7FN2OS2. The summed E-state index contributed by atoms with van der Waals surface area (Å²) in [5.74, 6) is 0.280. The van der Waals surface area contributed by atoms with Gasteiger partial charge in [-0.15, -0.1) is 0 Å². The zero-order valence-electron chi connectivity index (χ0n) is 8.31. The molecule has 0 N–H and O–H groups in total. The third kappa shape index (κ3) is 2.45. The van der Waals surface area contributed by atoms with Gasteiger partial charge in [-0.3, -0.25) is 4.79 Å². The molecule has 1 aromatic carbocycles. The number of halogens is 1. The topological polar surface area (TPSA) is 42.9 Å². The Kier molecular flexibility index (Phi) is 3.31. The van der Waals surface area contributed by atoms with Crippen LogP contribution in [0, 0.1) is 12.7 Å². The molecule has 0 bridgehead atoms. The Morgan fingerprint density at radius 2 is 2.31 bits per heavy atom. The maximum atomic E-state index is 12.9. The van der Waals surface area contributed by atoms with Crippen LogP contribution in [0.1, 0.15) is 16.2 Å². The SMILES string of the molecule is Cc1nsc(Sc2ccc(F)cc2C=O)n1. The fourth-order valence-corrected chi connectivity index (χ4v) is 2.80. The van der Waals surface area contributed by atoms with E-state index in [0.717, 1.165) is 4.34 Å². The highest BCUT2D eigenvalue weighted by molar-refractivity contribution is 8.01. The third-order valence-electron chi connectivity index (χ3n) is 1.81. The van der Waals surface area contributed by atoms with Gasteiger partial charge >= 0.3 is 0 Å². The van der Waals surface area contributed by atoms with Gasteiger partial charge in [0.2, 0.25) is 0 Å². The summed E-state index contributed by atoms with van der Waals surface area (Å²) >= 11 is 2.58. The largest absolute Gasteiger partial charge is 0.298 e. The van der Waals surface area contributed by atoms with Gasteiger partial charge in [0.15, 0.2) is 10.6 Å². The molecule has 0 radical (unpaired) electrons. The molecule has 0 saturated carbocycles. The highest BCUT2D eigenvalue weighted by atomic mass is 32.2. The average molecular weight is 254 g/mol. The van der Waals surface area contributed by atoms with E-state index in [0.29, 0.717) is 22.6 Å². The minimum atomic E-state index is -0.417. The number of carbonyl (C=O) groups excluding carboxylic acids is 1. The molecule has 1 aromatic heterocycles. The van der Waals surface area contributed by atoms with Crippen molar-refractivity contribution in [1.82, 2.24) is 9.36 Å². The number of aldehydes is 1. The van der Waals surface area contributed by atoms with Crippen molar-refractivity contribution in [3.8, 4) is 0 Å². The number of rotatable bonds is 3. The van der Waals surface area contributed by atoms with Crippen molar-refractivity contribution in [2.75, 3.05) is 0 Å². The third-order valence-corrected chi connectivity index (χ3v) is 3.74. The summed E-state index contributed by atoms with van der Waals surface area (Å²) in [6.45, 7) is 1.80. The summed E-state index contributed by atoms with van der Waals surface area (Å²) in [5.41, 5.74) is 0.331. The molecule has 3 nitrogen and oxygen atoms in total. The van der Waals surface area contributed by atoms with Crippen molar-refractivity contribution in [1.29, 1.82) is 0 Å². The van der Waals surface area contributed by atoms with Crippen LogP contribution in [0.3, 0.4) is 0 Å². The first-order chi connectivity index (χ1) is 7.69. The van der Waals surface area contributed by atoms with Gasteiger partial charge < -0.3 is 0 Å². The Bertz CT molecular complexity index is 527. The van der Waals surface area contributed by atoms with Crippen LogP contribution in [0.25, 0.3) is 0 Å². The van der Waals surface area contributed by atoms with Crippen molar-refractivity contribution in [3.05, 3.63) is 35.4 Å². The van der Waals surface area contributed by atoms with Crippen LogP contribution in [0.5, 0.6) is 0 Å². The van der Waals surface area contributed by atoms with Crippen molar-refractivity contribution >= 4 is 29.6 Å². The second-order valence-electron chi connectivity index (χ2n) is 3.01. The molecule has 0 saturated heterocycles. The number of nitrogens with zero attached hydrogens (tertiary/aromatic N) is 2. The molecule has 82 valence electrons. The number of carbonyl (C=O) groups is 1. The first-order valence-corrected chi connectivity index (χ1v) is 6.01. The first kappa shape index (κ1) is 11.2.